The zero-order valence-corrected chi connectivity index (χ0v) is 15.4. The van der Waals surface area contributed by atoms with E-state index in [0.29, 0.717) is 17.1 Å². The molecule has 2 heterocycles. The predicted octanol–water partition coefficient (Wildman–Crippen LogP) is 3.25. The van der Waals surface area contributed by atoms with Crippen LogP contribution in [0.25, 0.3) is 0 Å². The van der Waals surface area contributed by atoms with Crippen LogP contribution >= 0.6 is 0 Å². The van der Waals surface area contributed by atoms with Crippen molar-refractivity contribution in [2.24, 2.45) is 0 Å². The molecule has 0 spiro atoms. The van der Waals surface area contributed by atoms with Gasteiger partial charge in [0.25, 0.3) is 0 Å². The molecule has 1 unspecified atom stereocenters. The number of nitrogens with zero attached hydrogens (tertiary/aromatic N) is 3. The Morgan fingerprint density at radius 1 is 1.11 bits per heavy atom. The van der Waals surface area contributed by atoms with E-state index in [1.165, 1.54) is 6.33 Å². The number of rotatable bonds is 6. The van der Waals surface area contributed by atoms with Gasteiger partial charge in [0.1, 0.15) is 23.6 Å². The number of aromatic nitrogens is 2. The normalized spacial score (nSPS) is 16.6. The lowest BCUT2D eigenvalue weighted by Gasteiger charge is -2.16. The Bertz CT molecular complexity index is 949. The van der Waals surface area contributed by atoms with Crippen LogP contribution in [0.2, 0.25) is 0 Å². The first kappa shape index (κ1) is 18.2. The smallest absolute Gasteiger partial charge is 0.182 e. The lowest BCUT2D eigenvalue weighted by molar-refractivity contribution is 0.482. The summed E-state index contributed by atoms with van der Waals surface area (Å²) in [5.41, 5.74) is 1.79. The summed E-state index contributed by atoms with van der Waals surface area (Å²) < 4.78 is 5.82. The highest BCUT2D eigenvalue weighted by Crippen LogP contribution is 2.23. The van der Waals surface area contributed by atoms with Gasteiger partial charge in [-0.25, -0.2) is 9.97 Å². The van der Waals surface area contributed by atoms with E-state index in [4.69, 9.17) is 18.1 Å². The summed E-state index contributed by atoms with van der Waals surface area (Å²) >= 11 is 0. The van der Waals surface area contributed by atoms with E-state index in [-0.39, 0.29) is 6.04 Å². The van der Waals surface area contributed by atoms with Crippen LogP contribution in [0.1, 0.15) is 17.5 Å². The quantitative estimate of drug-likeness (QED) is 0.515. The standard InChI is InChI=1S/C21H20BN5O/c22-27-11-10-16(13-27)26-21-19(12-24-14-25-21)20(23)15-6-8-18(9-7-15)28-17-4-2-1-3-5-17/h1-9,12,14,16,23H,10-11,13H2,(H,24,25,26). The fourth-order valence-corrected chi connectivity index (χ4v) is 3.20. The first-order valence-electron chi connectivity index (χ1n) is 9.17. The summed E-state index contributed by atoms with van der Waals surface area (Å²) in [6.07, 6.45) is 4.10. The van der Waals surface area contributed by atoms with Gasteiger partial charge in [0.05, 0.1) is 11.3 Å². The molecular formula is C21H20BN5O. The minimum atomic E-state index is 0.216. The maximum atomic E-state index is 8.62. The second kappa shape index (κ2) is 8.23. The van der Waals surface area contributed by atoms with E-state index in [0.717, 1.165) is 36.6 Å². The highest BCUT2D eigenvalue weighted by molar-refractivity contribution is 6.13. The van der Waals surface area contributed by atoms with Crippen molar-refractivity contribution in [1.29, 1.82) is 5.41 Å². The molecule has 0 aliphatic carbocycles. The largest absolute Gasteiger partial charge is 0.457 e. The van der Waals surface area contributed by atoms with Crippen molar-refractivity contribution in [1.82, 2.24) is 14.8 Å². The monoisotopic (exact) mass is 369 g/mol. The van der Waals surface area contributed by atoms with Gasteiger partial charge in [-0.15, -0.1) is 0 Å². The second-order valence-electron chi connectivity index (χ2n) is 6.72. The highest BCUT2D eigenvalue weighted by Gasteiger charge is 2.21. The molecule has 28 heavy (non-hydrogen) atoms. The molecule has 2 radical (unpaired) electrons. The van der Waals surface area contributed by atoms with Gasteiger partial charge in [-0.3, -0.25) is 5.41 Å². The summed E-state index contributed by atoms with van der Waals surface area (Å²) in [5, 5.41) is 12.0. The Morgan fingerprint density at radius 3 is 2.57 bits per heavy atom. The topological polar surface area (TPSA) is 74.1 Å². The lowest BCUT2D eigenvalue weighted by atomic mass is 10.0. The number of hydrogen-bond acceptors (Lipinski definition) is 6. The number of anilines is 1. The second-order valence-corrected chi connectivity index (χ2v) is 6.72. The third-order valence-electron chi connectivity index (χ3n) is 4.66. The Kier molecular flexibility index (Phi) is 5.35. The third-order valence-corrected chi connectivity index (χ3v) is 4.66. The number of nitrogens with one attached hydrogen (secondary N) is 2. The Balaban J connectivity index is 1.50. The van der Waals surface area contributed by atoms with E-state index in [2.05, 4.69) is 15.3 Å². The molecule has 138 valence electrons. The molecule has 4 rings (SSSR count). The van der Waals surface area contributed by atoms with Crippen LogP contribution in [0.5, 0.6) is 11.5 Å². The molecule has 6 nitrogen and oxygen atoms in total. The lowest BCUT2D eigenvalue weighted by Crippen LogP contribution is -2.26. The molecule has 7 heteroatoms. The molecule has 1 aliphatic rings. The first-order valence-corrected chi connectivity index (χ1v) is 9.17. The predicted molar refractivity (Wildman–Crippen MR) is 110 cm³/mol. The zero-order chi connectivity index (χ0) is 19.3. The van der Waals surface area contributed by atoms with Crippen molar-refractivity contribution in [3.8, 4) is 11.5 Å². The molecule has 0 amide bonds. The van der Waals surface area contributed by atoms with Crippen molar-refractivity contribution in [3.63, 3.8) is 0 Å². The first-order chi connectivity index (χ1) is 13.7. The summed E-state index contributed by atoms with van der Waals surface area (Å²) in [6.45, 7) is 1.60. The van der Waals surface area contributed by atoms with Gasteiger partial charge < -0.3 is 14.9 Å². The summed E-state index contributed by atoms with van der Waals surface area (Å²) in [4.78, 5) is 10.2. The molecule has 1 saturated heterocycles. The molecule has 2 aromatic carbocycles. The van der Waals surface area contributed by atoms with Crippen LogP contribution in [-0.2, 0) is 0 Å². The number of hydrogen-bond donors (Lipinski definition) is 2. The SMILES string of the molecule is [B]N1CCC(Nc2ncncc2C(=N)c2ccc(Oc3ccccc3)cc2)C1. The Labute approximate surface area is 165 Å². The summed E-state index contributed by atoms with van der Waals surface area (Å²) in [6, 6.07) is 17.3. The van der Waals surface area contributed by atoms with E-state index in [9.17, 15) is 0 Å². The van der Waals surface area contributed by atoms with E-state index < -0.39 is 0 Å². The van der Waals surface area contributed by atoms with Gasteiger partial charge in [-0.2, -0.15) is 0 Å². The molecular weight excluding hydrogens is 349 g/mol. The fourth-order valence-electron chi connectivity index (χ4n) is 3.20. The van der Waals surface area contributed by atoms with Crippen LogP contribution < -0.4 is 10.1 Å². The van der Waals surface area contributed by atoms with Gasteiger partial charge in [0.2, 0.25) is 0 Å². The summed E-state index contributed by atoms with van der Waals surface area (Å²) in [7, 11) is 5.84. The van der Waals surface area contributed by atoms with Gasteiger partial charge in [0.15, 0.2) is 7.98 Å². The average molecular weight is 369 g/mol. The van der Waals surface area contributed by atoms with E-state index in [1.807, 2.05) is 54.6 Å². The number of ether oxygens (including phenoxy) is 1. The molecule has 0 bridgehead atoms. The van der Waals surface area contributed by atoms with Gasteiger partial charge in [-0.05, 0) is 49.4 Å². The molecule has 1 atom stereocenters. The molecule has 0 saturated carbocycles. The van der Waals surface area contributed by atoms with Crippen LogP contribution in [0.4, 0.5) is 5.82 Å². The molecule has 1 aliphatic heterocycles. The number of benzene rings is 2. The van der Waals surface area contributed by atoms with Gasteiger partial charge in [-0.1, -0.05) is 18.2 Å². The summed E-state index contributed by atoms with van der Waals surface area (Å²) in [5.74, 6) is 2.16. The van der Waals surface area contributed by atoms with Gasteiger partial charge >= 0.3 is 0 Å². The van der Waals surface area contributed by atoms with Crippen molar-refractivity contribution >= 4 is 19.5 Å². The van der Waals surface area contributed by atoms with E-state index >= 15 is 0 Å². The van der Waals surface area contributed by atoms with Crippen LogP contribution in [0, 0.1) is 5.41 Å². The van der Waals surface area contributed by atoms with Crippen LogP contribution in [0.15, 0.2) is 67.1 Å². The van der Waals surface area contributed by atoms with Crippen molar-refractivity contribution in [2.45, 2.75) is 12.5 Å². The molecule has 3 aromatic rings. The minimum Gasteiger partial charge on any atom is -0.457 e. The van der Waals surface area contributed by atoms with Crippen molar-refractivity contribution in [3.05, 3.63) is 78.2 Å². The minimum absolute atomic E-state index is 0.216. The molecule has 1 aromatic heterocycles. The van der Waals surface area contributed by atoms with Crippen molar-refractivity contribution < 1.29 is 4.74 Å². The van der Waals surface area contributed by atoms with Crippen LogP contribution in [0.3, 0.4) is 0 Å². The van der Waals surface area contributed by atoms with Gasteiger partial charge in [0, 0.05) is 24.3 Å². The van der Waals surface area contributed by atoms with Crippen LogP contribution in [-0.4, -0.2) is 47.6 Å². The highest BCUT2D eigenvalue weighted by atomic mass is 16.5. The third kappa shape index (κ3) is 4.20. The molecule has 2 N–H and O–H groups in total. The Hall–Kier alpha value is -3.19. The Morgan fingerprint density at radius 2 is 1.86 bits per heavy atom. The number of para-hydroxylation sites is 1. The maximum Gasteiger partial charge on any atom is 0.182 e. The maximum absolute atomic E-state index is 8.62. The molecule has 1 fully saturated rings. The fraction of sp³-hybridized carbons (Fsp3) is 0.190. The van der Waals surface area contributed by atoms with E-state index in [1.54, 1.807) is 11.0 Å². The van der Waals surface area contributed by atoms with Crippen molar-refractivity contribution in [2.75, 3.05) is 18.4 Å². The zero-order valence-electron chi connectivity index (χ0n) is 15.4. The average Bonchev–Trinajstić information content (AvgIpc) is 3.14.